The monoisotopic (exact) mass is 352 g/mol. The van der Waals surface area contributed by atoms with E-state index in [1.807, 2.05) is 6.07 Å². The third kappa shape index (κ3) is 3.77. The molecule has 0 aliphatic carbocycles. The maximum atomic E-state index is 12.3. The molecule has 0 saturated heterocycles. The maximum Gasteiger partial charge on any atom is 0.359 e. The Kier molecular flexibility index (Phi) is 5.07. The van der Waals surface area contributed by atoms with Crippen molar-refractivity contribution < 1.29 is 23.9 Å². The third-order valence-electron chi connectivity index (χ3n) is 3.75. The van der Waals surface area contributed by atoms with E-state index in [9.17, 15) is 14.4 Å². The van der Waals surface area contributed by atoms with Crippen LogP contribution in [0.2, 0.25) is 0 Å². The lowest BCUT2D eigenvalue weighted by Gasteiger charge is -2.22. The molecule has 0 bridgehead atoms. The molecule has 1 amide bonds. The normalized spacial score (nSPS) is 13.8. The van der Waals surface area contributed by atoms with E-state index in [-0.39, 0.29) is 30.2 Å². The van der Waals surface area contributed by atoms with Crippen molar-refractivity contribution in [3.05, 3.63) is 60.2 Å². The van der Waals surface area contributed by atoms with Crippen molar-refractivity contribution in [1.29, 1.82) is 0 Å². The van der Waals surface area contributed by atoms with E-state index in [1.54, 1.807) is 24.3 Å². The number of amides is 1. The van der Waals surface area contributed by atoms with Gasteiger partial charge in [0.25, 0.3) is 0 Å². The maximum absolute atomic E-state index is 12.3. The van der Waals surface area contributed by atoms with Crippen molar-refractivity contribution in [3.63, 3.8) is 0 Å². The molecule has 0 spiro atoms. The topological polar surface area (TPSA) is 85.3 Å². The van der Waals surface area contributed by atoms with Gasteiger partial charge in [-0.05, 0) is 36.4 Å². The van der Waals surface area contributed by atoms with Crippen molar-refractivity contribution in [2.24, 2.45) is 5.10 Å². The molecule has 1 aliphatic rings. The number of methoxy groups -OCH3 is 1. The molecule has 7 nitrogen and oxygen atoms in total. The summed E-state index contributed by atoms with van der Waals surface area (Å²) in [6.07, 6.45) is 0.380. The number of ether oxygens (including phenoxy) is 2. The van der Waals surface area contributed by atoms with Gasteiger partial charge < -0.3 is 9.47 Å². The zero-order chi connectivity index (χ0) is 18.5. The van der Waals surface area contributed by atoms with Gasteiger partial charge in [0, 0.05) is 12.8 Å². The second-order valence-electron chi connectivity index (χ2n) is 5.49. The molecule has 0 saturated carbocycles. The van der Waals surface area contributed by atoms with Gasteiger partial charge in [-0.25, -0.2) is 14.6 Å². The molecule has 3 rings (SSSR count). The zero-order valence-electron chi connectivity index (χ0n) is 14.0. The number of benzene rings is 2. The fourth-order valence-electron chi connectivity index (χ4n) is 2.41. The van der Waals surface area contributed by atoms with E-state index in [0.717, 1.165) is 0 Å². The Morgan fingerprint density at radius 1 is 0.962 bits per heavy atom. The van der Waals surface area contributed by atoms with E-state index >= 15 is 0 Å². The van der Waals surface area contributed by atoms with Crippen LogP contribution in [0, 0.1) is 0 Å². The second-order valence-corrected chi connectivity index (χ2v) is 5.49. The molecule has 0 atom stereocenters. The number of hydrazone groups is 1. The molecule has 132 valence electrons. The van der Waals surface area contributed by atoms with Crippen molar-refractivity contribution >= 4 is 29.2 Å². The minimum absolute atomic E-state index is 0.158. The molecule has 2 aromatic rings. The molecular weight excluding hydrogens is 336 g/mol. The van der Waals surface area contributed by atoms with Crippen molar-refractivity contribution in [2.45, 2.75) is 12.8 Å². The summed E-state index contributed by atoms with van der Waals surface area (Å²) in [5, 5.41) is 5.35. The van der Waals surface area contributed by atoms with Gasteiger partial charge in [-0.1, -0.05) is 18.2 Å². The molecule has 0 radical (unpaired) electrons. The lowest BCUT2D eigenvalue weighted by molar-refractivity contribution is -0.127. The van der Waals surface area contributed by atoms with E-state index in [4.69, 9.17) is 4.74 Å². The van der Waals surface area contributed by atoms with Crippen LogP contribution in [-0.4, -0.2) is 30.7 Å². The first-order valence-electron chi connectivity index (χ1n) is 7.94. The van der Waals surface area contributed by atoms with Crippen molar-refractivity contribution in [1.82, 2.24) is 0 Å². The standard InChI is InChI=1S/C19H16N2O5/c1-25-18(23)13-7-9-15(10-8-13)26-19(24)16-11-12-17(22)21(20-16)14-5-3-2-4-6-14/h2-10H,11-12H2,1H3. The number of hydrogen-bond donors (Lipinski definition) is 0. The molecule has 26 heavy (non-hydrogen) atoms. The highest BCUT2D eigenvalue weighted by atomic mass is 16.5. The second kappa shape index (κ2) is 7.60. The summed E-state index contributed by atoms with van der Waals surface area (Å²) in [6.45, 7) is 0. The molecule has 0 N–H and O–H groups in total. The summed E-state index contributed by atoms with van der Waals surface area (Å²) in [6, 6.07) is 14.9. The summed E-state index contributed by atoms with van der Waals surface area (Å²) in [5.41, 5.74) is 1.10. The lowest BCUT2D eigenvalue weighted by Crippen LogP contribution is -2.35. The van der Waals surface area contributed by atoms with Gasteiger partial charge >= 0.3 is 11.9 Å². The number of hydrogen-bond acceptors (Lipinski definition) is 6. The predicted octanol–water partition coefficient (Wildman–Crippen LogP) is 2.56. The van der Waals surface area contributed by atoms with Gasteiger partial charge in [0.1, 0.15) is 11.5 Å². The molecule has 2 aromatic carbocycles. The average Bonchev–Trinajstić information content (AvgIpc) is 2.69. The third-order valence-corrected chi connectivity index (χ3v) is 3.75. The first-order valence-corrected chi connectivity index (χ1v) is 7.94. The first kappa shape index (κ1) is 17.3. The number of anilines is 1. The summed E-state index contributed by atoms with van der Waals surface area (Å²) in [5.74, 6) is -1.02. The Morgan fingerprint density at radius 2 is 1.65 bits per heavy atom. The van der Waals surface area contributed by atoms with Gasteiger partial charge in [0.05, 0.1) is 18.4 Å². The number of carbonyl (C=O) groups excluding carboxylic acids is 3. The minimum Gasteiger partial charge on any atom is -0.465 e. The zero-order valence-corrected chi connectivity index (χ0v) is 14.0. The van der Waals surface area contributed by atoms with Crippen LogP contribution in [0.1, 0.15) is 23.2 Å². The molecule has 0 aromatic heterocycles. The summed E-state index contributed by atoms with van der Waals surface area (Å²) in [4.78, 5) is 35.8. The van der Waals surface area contributed by atoms with Gasteiger partial charge in [-0.2, -0.15) is 5.10 Å². The first-order chi connectivity index (χ1) is 12.6. The van der Waals surface area contributed by atoms with Crippen LogP contribution in [0.5, 0.6) is 5.75 Å². The summed E-state index contributed by atoms with van der Waals surface area (Å²) >= 11 is 0. The Hall–Kier alpha value is -3.48. The molecule has 0 unspecified atom stereocenters. The van der Waals surface area contributed by atoms with Gasteiger partial charge in [-0.15, -0.1) is 0 Å². The van der Waals surface area contributed by atoms with E-state index < -0.39 is 11.9 Å². The summed E-state index contributed by atoms with van der Waals surface area (Å²) in [7, 11) is 1.29. The van der Waals surface area contributed by atoms with Crippen molar-refractivity contribution in [3.8, 4) is 5.75 Å². The minimum atomic E-state index is -0.635. The predicted molar refractivity (Wildman–Crippen MR) is 94.0 cm³/mol. The molecule has 1 heterocycles. The van der Waals surface area contributed by atoms with Crippen molar-refractivity contribution in [2.75, 3.05) is 12.1 Å². The van der Waals surface area contributed by atoms with Crippen LogP contribution in [0.3, 0.4) is 0 Å². The highest BCUT2D eigenvalue weighted by molar-refractivity contribution is 6.38. The molecule has 1 aliphatic heterocycles. The lowest BCUT2D eigenvalue weighted by atomic mass is 10.1. The molecule has 7 heteroatoms. The van der Waals surface area contributed by atoms with E-state index in [2.05, 4.69) is 9.84 Å². The number of para-hydroxylation sites is 1. The van der Waals surface area contributed by atoms with E-state index in [0.29, 0.717) is 11.3 Å². The quantitative estimate of drug-likeness (QED) is 0.624. The number of esters is 2. The number of carbonyl (C=O) groups is 3. The van der Waals surface area contributed by atoms with Gasteiger partial charge in [0.15, 0.2) is 0 Å². The van der Waals surface area contributed by atoms with Crippen LogP contribution in [0.15, 0.2) is 59.7 Å². The summed E-state index contributed by atoms with van der Waals surface area (Å²) < 4.78 is 9.89. The van der Waals surface area contributed by atoms with Crippen LogP contribution in [0.4, 0.5) is 5.69 Å². The van der Waals surface area contributed by atoms with E-state index in [1.165, 1.54) is 36.4 Å². The SMILES string of the molecule is COC(=O)c1ccc(OC(=O)C2=NN(c3ccccc3)C(=O)CC2)cc1. The van der Waals surface area contributed by atoms with Gasteiger partial charge in [-0.3, -0.25) is 4.79 Å². The highest BCUT2D eigenvalue weighted by Gasteiger charge is 2.26. The Labute approximate surface area is 149 Å². The van der Waals surface area contributed by atoms with Crippen LogP contribution in [-0.2, 0) is 14.3 Å². The van der Waals surface area contributed by atoms with Crippen LogP contribution >= 0.6 is 0 Å². The average molecular weight is 352 g/mol. The fourth-order valence-corrected chi connectivity index (χ4v) is 2.41. The van der Waals surface area contributed by atoms with Crippen LogP contribution in [0.25, 0.3) is 0 Å². The molecular formula is C19H16N2O5. The Balaban J connectivity index is 1.75. The van der Waals surface area contributed by atoms with Crippen LogP contribution < -0.4 is 9.75 Å². The highest BCUT2D eigenvalue weighted by Crippen LogP contribution is 2.21. The fraction of sp³-hybridized carbons (Fsp3) is 0.158. The largest absolute Gasteiger partial charge is 0.465 e. The molecule has 0 fully saturated rings. The Bertz CT molecular complexity index is 859. The Morgan fingerprint density at radius 3 is 2.31 bits per heavy atom. The smallest absolute Gasteiger partial charge is 0.359 e. The van der Waals surface area contributed by atoms with Gasteiger partial charge in [0.2, 0.25) is 5.91 Å². The number of nitrogens with zero attached hydrogens (tertiary/aromatic N) is 2. The number of rotatable bonds is 4.